The van der Waals surface area contributed by atoms with Crippen LogP contribution in [0.1, 0.15) is 10.4 Å². The number of hydrogen-bond acceptors (Lipinski definition) is 6. The van der Waals surface area contributed by atoms with Crippen molar-refractivity contribution in [2.45, 2.75) is 5.16 Å². The lowest BCUT2D eigenvalue weighted by Crippen LogP contribution is -2.16. The lowest BCUT2D eigenvalue weighted by Gasteiger charge is -2.18. The Bertz CT molecular complexity index is 967. The number of hydrogen-bond donors (Lipinski definition) is 0. The molecule has 4 rings (SSSR count). The number of aromatic nitrogens is 2. The standard InChI is InChI=1S/C18H16N2O4S/c1-22-14-6-4-3-5-11(14)17(21)20-13-10-16-15(23-7-8-24-16)9-12(13)19-18(20)25-2/h3-6,9-10H,7-8H2,1-2H3. The van der Waals surface area contributed by atoms with E-state index in [-0.39, 0.29) is 5.91 Å². The number of methoxy groups -OCH3 is 1. The summed E-state index contributed by atoms with van der Waals surface area (Å²) < 4.78 is 18.2. The van der Waals surface area contributed by atoms with E-state index in [0.717, 1.165) is 0 Å². The van der Waals surface area contributed by atoms with Crippen molar-refractivity contribution >= 4 is 28.7 Å². The highest BCUT2D eigenvalue weighted by Gasteiger charge is 2.23. The van der Waals surface area contributed by atoms with Gasteiger partial charge in [-0.05, 0) is 18.4 Å². The largest absolute Gasteiger partial charge is 0.496 e. The molecule has 0 bridgehead atoms. The van der Waals surface area contributed by atoms with Crippen LogP contribution in [0.2, 0.25) is 0 Å². The monoisotopic (exact) mass is 356 g/mol. The van der Waals surface area contributed by atoms with E-state index in [4.69, 9.17) is 14.2 Å². The van der Waals surface area contributed by atoms with Gasteiger partial charge >= 0.3 is 0 Å². The molecule has 0 radical (unpaired) electrons. The van der Waals surface area contributed by atoms with E-state index in [9.17, 15) is 4.79 Å². The average molecular weight is 356 g/mol. The van der Waals surface area contributed by atoms with Crippen molar-refractivity contribution in [3.63, 3.8) is 0 Å². The first-order valence-corrected chi connectivity index (χ1v) is 8.99. The maximum Gasteiger partial charge on any atom is 0.268 e. The maximum atomic E-state index is 13.2. The molecule has 0 fully saturated rings. The summed E-state index contributed by atoms with van der Waals surface area (Å²) in [7, 11) is 1.55. The number of fused-ring (bicyclic) bond motifs is 2. The third kappa shape index (κ3) is 2.60. The topological polar surface area (TPSA) is 62.6 Å². The molecule has 3 aromatic rings. The minimum Gasteiger partial charge on any atom is -0.496 e. The van der Waals surface area contributed by atoms with Crippen molar-refractivity contribution in [1.29, 1.82) is 0 Å². The minimum absolute atomic E-state index is 0.194. The van der Waals surface area contributed by atoms with Crippen molar-refractivity contribution in [2.75, 3.05) is 26.6 Å². The van der Waals surface area contributed by atoms with Gasteiger partial charge in [0.25, 0.3) is 5.91 Å². The van der Waals surface area contributed by atoms with Crippen LogP contribution >= 0.6 is 11.8 Å². The van der Waals surface area contributed by atoms with Crippen molar-refractivity contribution in [3.05, 3.63) is 42.0 Å². The Labute approximate surface area is 148 Å². The van der Waals surface area contributed by atoms with Crippen LogP contribution in [0.4, 0.5) is 0 Å². The first-order chi connectivity index (χ1) is 12.2. The van der Waals surface area contributed by atoms with Gasteiger partial charge in [-0.2, -0.15) is 0 Å². The SMILES string of the molecule is COc1ccccc1C(=O)n1c(SC)nc2cc3c(cc21)OCCO3. The van der Waals surface area contributed by atoms with Gasteiger partial charge in [0.05, 0.1) is 23.7 Å². The molecular formula is C18H16N2O4S. The molecule has 6 nitrogen and oxygen atoms in total. The van der Waals surface area contributed by atoms with Gasteiger partial charge in [0.15, 0.2) is 16.7 Å². The van der Waals surface area contributed by atoms with Crippen LogP contribution in [0.5, 0.6) is 17.2 Å². The van der Waals surface area contributed by atoms with Crippen LogP contribution in [-0.4, -0.2) is 42.0 Å². The van der Waals surface area contributed by atoms with Crippen LogP contribution in [0.3, 0.4) is 0 Å². The van der Waals surface area contributed by atoms with Gasteiger partial charge in [-0.3, -0.25) is 9.36 Å². The van der Waals surface area contributed by atoms with Gasteiger partial charge in [-0.1, -0.05) is 23.9 Å². The fraction of sp³-hybridized carbons (Fsp3) is 0.222. The number of para-hydroxylation sites is 1. The minimum atomic E-state index is -0.194. The van der Waals surface area contributed by atoms with Gasteiger partial charge in [0.2, 0.25) is 0 Å². The zero-order chi connectivity index (χ0) is 17.4. The van der Waals surface area contributed by atoms with E-state index >= 15 is 0 Å². The quantitative estimate of drug-likeness (QED) is 0.672. The molecule has 0 aliphatic carbocycles. The summed E-state index contributed by atoms with van der Waals surface area (Å²) in [5, 5.41) is 0.605. The zero-order valence-corrected chi connectivity index (χ0v) is 14.6. The number of thioether (sulfide) groups is 1. The normalized spacial score (nSPS) is 13.0. The van der Waals surface area contributed by atoms with Crippen LogP contribution in [-0.2, 0) is 0 Å². The Balaban J connectivity index is 1.92. The average Bonchev–Trinajstić information content (AvgIpc) is 3.02. The maximum absolute atomic E-state index is 13.2. The van der Waals surface area contributed by atoms with Gasteiger partial charge in [0, 0.05) is 12.1 Å². The van der Waals surface area contributed by atoms with Crippen LogP contribution < -0.4 is 14.2 Å². The van der Waals surface area contributed by atoms with Crippen molar-refractivity contribution in [3.8, 4) is 17.2 Å². The number of carbonyl (C=O) groups excluding carboxylic acids is 1. The summed E-state index contributed by atoms with van der Waals surface area (Å²) in [4.78, 5) is 17.8. The van der Waals surface area contributed by atoms with E-state index in [0.29, 0.717) is 52.2 Å². The molecule has 25 heavy (non-hydrogen) atoms. The van der Waals surface area contributed by atoms with E-state index in [1.807, 2.05) is 30.5 Å². The molecule has 128 valence electrons. The number of nitrogens with zero attached hydrogens (tertiary/aromatic N) is 2. The molecular weight excluding hydrogens is 340 g/mol. The summed E-state index contributed by atoms with van der Waals surface area (Å²) in [6, 6.07) is 10.8. The van der Waals surface area contributed by atoms with Crippen molar-refractivity contribution in [2.24, 2.45) is 0 Å². The van der Waals surface area contributed by atoms with E-state index in [2.05, 4.69) is 4.98 Å². The smallest absolute Gasteiger partial charge is 0.268 e. The van der Waals surface area contributed by atoms with E-state index in [1.165, 1.54) is 11.8 Å². The molecule has 7 heteroatoms. The molecule has 1 aromatic heterocycles. The lowest BCUT2D eigenvalue weighted by atomic mass is 10.2. The predicted octanol–water partition coefficient (Wildman–Crippen LogP) is 3.23. The molecule has 1 aliphatic heterocycles. The fourth-order valence-corrected chi connectivity index (χ4v) is 3.42. The summed E-state index contributed by atoms with van der Waals surface area (Å²) in [5.41, 5.74) is 1.86. The molecule has 0 spiro atoms. The number of rotatable bonds is 3. The van der Waals surface area contributed by atoms with E-state index in [1.54, 1.807) is 23.8 Å². The number of benzene rings is 2. The van der Waals surface area contributed by atoms with Crippen molar-refractivity contribution < 1.29 is 19.0 Å². The van der Waals surface area contributed by atoms with E-state index < -0.39 is 0 Å². The molecule has 0 unspecified atom stereocenters. The number of imidazole rings is 1. The second-order valence-corrected chi connectivity index (χ2v) is 6.20. The predicted molar refractivity (Wildman–Crippen MR) is 95.2 cm³/mol. The van der Waals surface area contributed by atoms with Gasteiger partial charge in [0.1, 0.15) is 19.0 Å². The number of carbonyl (C=O) groups is 1. The molecule has 0 saturated heterocycles. The summed E-state index contributed by atoms with van der Waals surface area (Å²) >= 11 is 1.41. The van der Waals surface area contributed by atoms with Crippen LogP contribution in [0.25, 0.3) is 11.0 Å². The molecule has 0 atom stereocenters. The molecule has 0 amide bonds. The highest BCUT2D eigenvalue weighted by Crippen LogP contribution is 2.36. The van der Waals surface area contributed by atoms with Gasteiger partial charge in [-0.25, -0.2) is 4.98 Å². The Morgan fingerprint density at radius 2 is 1.92 bits per heavy atom. The van der Waals surface area contributed by atoms with Crippen LogP contribution in [0.15, 0.2) is 41.6 Å². The van der Waals surface area contributed by atoms with Crippen LogP contribution in [0, 0.1) is 0 Å². The molecule has 0 N–H and O–H groups in total. The Kier molecular flexibility index (Phi) is 4.01. The number of ether oxygens (including phenoxy) is 3. The Morgan fingerprint density at radius 1 is 1.20 bits per heavy atom. The van der Waals surface area contributed by atoms with Gasteiger partial charge in [-0.15, -0.1) is 0 Å². The summed E-state index contributed by atoms with van der Waals surface area (Å²) in [6.07, 6.45) is 1.89. The van der Waals surface area contributed by atoms with Crippen molar-refractivity contribution in [1.82, 2.24) is 9.55 Å². The Morgan fingerprint density at radius 3 is 2.64 bits per heavy atom. The first kappa shape index (κ1) is 15.8. The lowest BCUT2D eigenvalue weighted by molar-refractivity contribution is 0.0952. The third-order valence-corrected chi connectivity index (χ3v) is 4.65. The highest BCUT2D eigenvalue weighted by atomic mass is 32.2. The Hall–Kier alpha value is -2.67. The summed E-state index contributed by atoms with van der Waals surface area (Å²) in [5.74, 6) is 1.61. The molecule has 0 saturated carbocycles. The molecule has 1 aliphatic rings. The van der Waals surface area contributed by atoms with Gasteiger partial charge < -0.3 is 14.2 Å². The fourth-order valence-electron chi connectivity index (χ4n) is 2.87. The second kappa shape index (κ2) is 6.33. The zero-order valence-electron chi connectivity index (χ0n) is 13.8. The highest BCUT2D eigenvalue weighted by molar-refractivity contribution is 7.98. The summed E-state index contributed by atoms with van der Waals surface area (Å²) in [6.45, 7) is 0.997. The first-order valence-electron chi connectivity index (χ1n) is 7.76. The third-order valence-electron chi connectivity index (χ3n) is 4.01. The molecule has 2 heterocycles. The second-order valence-electron chi connectivity index (χ2n) is 5.42. The molecule has 2 aromatic carbocycles.